The first kappa shape index (κ1) is 52.1. The molecule has 6 rings (SSSR count). The molecule has 352 valence electrons. The van der Waals surface area contributed by atoms with E-state index in [2.05, 4.69) is 80.1 Å². The molecule has 0 saturated heterocycles. The summed E-state index contributed by atoms with van der Waals surface area (Å²) in [7, 11) is -6.21. The zero-order chi connectivity index (χ0) is 48.6. The van der Waals surface area contributed by atoms with Gasteiger partial charge in [0.2, 0.25) is 15.0 Å². The second-order valence-electron chi connectivity index (χ2n) is 18.6. The highest BCUT2D eigenvalue weighted by molar-refractivity contribution is 7.99. The van der Waals surface area contributed by atoms with Gasteiger partial charge in [0, 0.05) is 71.4 Å². The van der Waals surface area contributed by atoms with E-state index in [9.17, 15) is 27.7 Å². The fourth-order valence-electron chi connectivity index (χ4n) is 6.99. The van der Waals surface area contributed by atoms with E-state index in [-0.39, 0.29) is 23.4 Å². The molecule has 0 atom stereocenters. The van der Waals surface area contributed by atoms with Crippen LogP contribution in [0, 0.1) is 48.1 Å². The number of sulfone groups is 1. The molecular formula is C47H61F2N9O4S2Si2. The van der Waals surface area contributed by atoms with Crippen molar-refractivity contribution >= 4 is 59.8 Å². The monoisotopic (exact) mass is 973 g/mol. The van der Waals surface area contributed by atoms with Gasteiger partial charge < -0.3 is 23.5 Å². The molecule has 0 aliphatic carbocycles. The predicted molar refractivity (Wildman–Crippen MR) is 265 cm³/mol. The lowest BCUT2D eigenvalue weighted by Crippen LogP contribution is -2.25. The van der Waals surface area contributed by atoms with Crippen LogP contribution in [-0.2, 0) is 32.8 Å². The van der Waals surface area contributed by atoms with Gasteiger partial charge in [0.1, 0.15) is 48.5 Å². The Morgan fingerprint density at radius 3 is 1.59 bits per heavy atom. The molecular weight excluding hydrogens is 913 g/mol. The first-order chi connectivity index (χ1) is 31.1. The van der Waals surface area contributed by atoms with Gasteiger partial charge in [0.25, 0.3) is 0 Å². The quantitative estimate of drug-likeness (QED) is 0.0327. The number of halogens is 2. The van der Waals surface area contributed by atoms with Crippen LogP contribution in [0.1, 0.15) is 36.1 Å². The van der Waals surface area contributed by atoms with Crippen LogP contribution in [0.2, 0.25) is 51.4 Å². The number of ether oxygens (including phenoxy) is 2. The Kier molecular flexibility index (Phi) is 17.6. The highest BCUT2D eigenvalue weighted by Gasteiger charge is 2.24. The molecule has 4 aromatic heterocycles. The first-order valence-electron chi connectivity index (χ1n) is 21.9. The second kappa shape index (κ2) is 22.3. The summed E-state index contributed by atoms with van der Waals surface area (Å²) in [5.74, 6) is 0.149. The van der Waals surface area contributed by atoms with Crippen LogP contribution in [0.4, 0.5) is 8.78 Å². The number of thioether (sulfide) groups is 1. The summed E-state index contributed by atoms with van der Waals surface area (Å²) in [6, 6.07) is 15.3. The van der Waals surface area contributed by atoms with Crippen molar-refractivity contribution in [2.75, 3.05) is 44.9 Å². The van der Waals surface area contributed by atoms with Crippen LogP contribution < -0.4 is 0 Å². The summed E-state index contributed by atoms with van der Waals surface area (Å²) in [6.45, 7) is 26.2. The molecule has 0 amide bonds. The van der Waals surface area contributed by atoms with Gasteiger partial charge in [0.05, 0.1) is 33.3 Å². The van der Waals surface area contributed by atoms with Crippen molar-refractivity contribution in [3.05, 3.63) is 82.7 Å². The highest BCUT2D eigenvalue weighted by atomic mass is 32.2. The van der Waals surface area contributed by atoms with E-state index < -0.39 is 31.8 Å². The predicted octanol–water partition coefficient (Wildman–Crippen LogP) is 10.3. The minimum atomic E-state index is -3.73. The number of nitriles is 2. The van der Waals surface area contributed by atoms with Crippen LogP contribution in [0.3, 0.4) is 0 Å². The summed E-state index contributed by atoms with van der Waals surface area (Å²) in [4.78, 5) is 20.6. The third-order valence-corrected chi connectivity index (χ3v) is 15.9. The van der Waals surface area contributed by atoms with Gasteiger partial charge >= 0.3 is 0 Å². The van der Waals surface area contributed by atoms with Crippen molar-refractivity contribution in [2.24, 2.45) is 0 Å². The van der Waals surface area contributed by atoms with E-state index in [0.717, 1.165) is 54.9 Å². The zero-order valence-electron chi connectivity index (χ0n) is 39.9. The van der Waals surface area contributed by atoms with Crippen molar-refractivity contribution in [1.82, 2.24) is 34.0 Å². The molecule has 4 heterocycles. The molecule has 0 aliphatic rings. The van der Waals surface area contributed by atoms with Gasteiger partial charge in [-0.1, -0.05) is 64.9 Å². The second-order valence-corrected chi connectivity index (χ2v) is 32.8. The van der Waals surface area contributed by atoms with Gasteiger partial charge in [0.15, 0.2) is 5.16 Å². The normalized spacial score (nSPS) is 12.1. The number of hydrogen-bond donors (Lipinski definition) is 0. The van der Waals surface area contributed by atoms with E-state index >= 15 is 0 Å². The fourth-order valence-corrected chi connectivity index (χ4v) is 9.85. The molecule has 0 fully saturated rings. The fraction of sp³-hybridized carbons (Fsp3) is 0.447. The van der Waals surface area contributed by atoms with Crippen LogP contribution in [0.5, 0.6) is 0 Å². The van der Waals surface area contributed by atoms with Crippen molar-refractivity contribution < 1.29 is 26.7 Å². The van der Waals surface area contributed by atoms with Crippen molar-refractivity contribution in [3.8, 4) is 34.7 Å². The van der Waals surface area contributed by atoms with E-state index in [4.69, 9.17) is 19.4 Å². The third-order valence-electron chi connectivity index (χ3n) is 10.8. The molecule has 0 unspecified atom stereocenters. The maximum Gasteiger partial charge on any atom is 0.249 e. The Morgan fingerprint density at radius 1 is 0.727 bits per heavy atom. The molecule has 66 heavy (non-hydrogen) atoms. The van der Waals surface area contributed by atoms with Gasteiger partial charge in [-0.2, -0.15) is 15.5 Å². The van der Waals surface area contributed by atoms with Crippen molar-refractivity contribution in [2.45, 2.75) is 103 Å². The molecule has 0 N–H and O–H groups in total. The molecule has 13 nitrogen and oxygen atoms in total. The summed E-state index contributed by atoms with van der Waals surface area (Å²) >= 11 is 1.60. The maximum absolute atomic E-state index is 13.9. The van der Waals surface area contributed by atoms with Gasteiger partial charge in [-0.3, -0.25) is 0 Å². The topological polar surface area (TPSA) is 165 Å². The number of hydrogen-bond acceptors (Lipinski definition) is 12. The van der Waals surface area contributed by atoms with Gasteiger partial charge in [-0.25, -0.2) is 32.2 Å². The summed E-state index contributed by atoms with van der Waals surface area (Å²) in [5.41, 5.74) is 5.37. The molecule has 0 bridgehead atoms. The molecule has 0 radical (unpaired) electrons. The molecule has 19 heteroatoms. The number of fused-ring (bicyclic) bond motifs is 2. The van der Waals surface area contributed by atoms with Gasteiger partial charge in [-0.05, 0) is 86.6 Å². The average molecular weight is 974 g/mol. The Bertz CT molecular complexity index is 2880. The molecule has 0 spiro atoms. The molecule has 0 saturated carbocycles. The molecule has 2 aromatic carbocycles. The van der Waals surface area contributed by atoms with Crippen molar-refractivity contribution in [1.29, 1.82) is 10.5 Å². The minimum Gasteiger partial charge on any atom is -0.361 e. The van der Waals surface area contributed by atoms with E-state index in [1.807, 2.05) is 11.5 Å². The number of aromatic nitrogens is 6. The number of aryl methyl sites for hydroxylation is 2. The van der Waals surface area contributed by atoms with Gasteiger partial charge in [-0.15, -0.1) is 0 Å². The summed E-state index contributed by atoms with van der Waals surface area (Å²) in [6.07, 6.45) is 4.40. The van der Waals surface area contributed by atoms with E-state index in [1.54, 1.807) is 41.7 Å². The Balaban J connectivity index is 0.000000249. The zero-order valence-corrected chi connectivity index (χ0v) is 43.6. The summed E-state index contributed by atoms with van der Waals surface area (Å²) in [5, 5.41) is 21.0. The molecule has 0 aliphatic heterocycles. The third kappa shape index (κ3) is 13.6. The lowest BCUT2D eigenvalue weighted by molar-refractivity contribution is 0.0897. The maximum atomic E-state index is 13.9. The van der Waals surface area contributed by atoms with Crippen LogP contribution in [0.15, 0.2) is 59.1 Å². The van der Waals surface area contributed by atoms with E-state index in [1.165, 1.54) is 30.3 Å². The lowest BCUT2D eigenvalue weighted by Gasteiger charge is -2.17. The lowest BCUT2D eigenvalue weighted by atomic mass is 10.0. The Hall–Kier alpha value is -4.87. The largest absolute Gasteiger partial charge is 0.361 e. The summed E-state index contributed by atoms with van der Waals surface area (Å²) < 4.78 is 67.4. The first-order valence-corrected chi connectivity index (χ1v) is 32.2. The Morgan fingerprint density at radius 2 is 1.18 bits per heavy atom. The van der Waals surface area contributed by atoms with Crippen molar-refractivity contribution in [3.63, 3.8) is 0 Å². The average Bonchev–Trinajstić information content (AvgIpc) is 3.79. The Labute approximate surface area is 394 Å². The highest BCUT2D eigenvalue weighted by Crippen LogP contribution is 2.35. The number of nitrogens with zero attached hydrogens (tertiary/aromatic N) is 9. The smallest absolute Gasteiger partial charge is 0.249 e. The SMILES string of the molecule is CCN(CC)CCSc1nc(-c2ccc(F)cc2C)c2c(C#N)cn(COCC[Si](C)(C)C)c2n1.Cc1cc(F)ccc1-c1nc(S(C)(=O)=O)nc2c1c(C#N)cn2COCC[Si](C)(C)C. The van der Waals surface area contributed by atoms with Crippen LogP contribution in [-0.4, -0.2) is 103 Å². The number of benzene rings is 2. The van der Waals surface area contributed by atoms with Crippen LogP contribution >= 0.6 is 11.8 Å². The van der Waals surface area contributed by atoms with Crippen LogP contribution in [0.25, 0.3) is 44.6 Å². The minimum absolute atomic E-state index is 0.130. The molecule has 6 aromatic rings. The van der Waals surface area contributed by atoms with E-state index in [0.29, 0.717) is 75.1 Å². The standard InChI is InChI=1S/C26H36FN5OSSi.C21H25FN4O3SSi/c1-7-31(8-2)11-13-34-26-29-24(22-10-9-21(27)15-19(22)3)23-20(16-28)17-32(25(23)30-26)18-33-12-14-35(4,5)6;1-14-10-16(22)6-7-17(14)19-18-15(11-23)12-26(13-29-8-9-31(3,4)5)20(18)25-21(24-19)30(2,27)28/h9-10,15,17H,7-8,11-14,18H2,1-6H3;6-7,10,12H,8-9,13H2,1-5H3. The number of rotatable bonds is 19.